The van der Waals surface area contributed by atoms with Crippen LogP contribution in [0.5, 0.6) is 11.5 Å². The minimum Gasteiger partial charge on any atom is -0.454 e. The van der Waals surface area contributed by atoms with E-state index in [1.807, 2.05) is 42.0 Å². The van der Waals surface area contributed by atoms with Crippen molar-refractivity contribution in [2.75, 3.05) is 24.8 Å². The maximum absolute atomic E-state index is 12.6. The first-order chi connectivity index (χ1) is 15.6. The second-order valence-corrected chi connectivity index (χ2v) is 8.26. The number of benzene rings is 1. The van der Waals surface area contributed by atoms with E-state index in [9.17, 15) is 4.79 Å². The molecule has 9 nitrogen and oxygen atoms in total. The molecule has 0 bridgehead atoms. The molecule has 1 amide bonds. The molecule has 5 rings (SSSR count). The normalized spacial score (nSPS) is 17.4. The van der Waals surface area contributed by atoms with Crippen molar-refractivity contribution in [2.45, 2.75) is 32.7 Å². The summed E-state index contributed by atoms with van der Waals surface area (Å²) < 4.78 is 12.5. The molecule has 2 aromatic heterocycles. The van der Waals surface area contributed by atoms with Crippen molar-refractivity contribution in [3.05, 3.63) is 54.2 Å². The number of carbonyl (C=O) groups is 1. The fourth-order valence-electron chi connectivity index (χ4n) is 4.22. The van der Waals surface area contributed by atoms with E-state index in [-0.39, 0.29) is 18.6 Å². The summed E-state index contributed by atoms with van der Waals surface area (Å²) in [6.07, 6.45) is 7.81. The fraction of sp³-hybridized carbons (Fsp3) is 0.391. The summed E-state index contributed by atoms with van der Waals surface area (Å²) in [7, 11) is 0. The Morgan fingerprint density at radius 2 is 2.12 bits per heavy atom. The molecule has 1 atom stereocenters. The van der Waals surface area contributed by atoms with E-state index in [1.165, 1.54) is 0 Å². The van der Waals surface area contributed by atoms with Gasteiger partial charge < -0.3 is 19.7 Å². The molecule has 1 unspecified atom stereocenters. The number of imidazole rings is 1. The largest absolute Gasteiger partial charge is 0.454 e. The Labute approximate surface area is 186 Å². The number of aromatic nitrogens is 4. The SMILES string of the molecule is Cc1cc(N2CCCC(CC(=O)NCc3ccc4c(c3)OCO4)C2)nc(-n2ccnc2)n1. The summed E-state index contributed by atoms with van der Waals surface area (Å²) in [6.45, 7) is 4.42. The van der Waals surface area contributed by atoms with Gasteiger partial charge in [0, 0.05) is 50.2 Å². The summed E-state index contributed by atoms with van der Waals surface area (Å²) in [6, 6.07) is 7.75. The quantitative estimate of drug-likeness (QED) is 0.637. The van der Waals surface area contributed by atoms with Crippen molar-refractivity contribution >= 4 is 11.7 Å². The minimum atomic E-state index is 0.0625. The number of piperidine rings is 1. The highest BCUT2D eigenvalue weighted by Gasteiger charge is 2.24. The van der Waals surface area contributed by atoms with Gasteiger partial charge in [0.1, 0.15) is 12.1 Å². The average Bonchev–Trinajstić information content (AvgIpc) is 3.49. The Morgan fingerprint density at radius 3 is 3.00 bits per heavy atom. The van der Waals surface area contributed by atoms with Gasteiger partial charge in [-0.25, -0.2) is 9.97 Å². The predicted octanol–water partition coefficient (Wildman–Crippen LogP) is 2.62. The molecular weight excluding hydrogens is 408 g/mol. The molecule has 0 spiro atoms. The predicted molar refractivity (Wildman–Crippen MR) is 118 cm³/mol. The Hall–Kier alpha value is -3.62. The summed E-state index contributed by atoms with van der Waals surface area (Å²) in [4.78, 5) is 28.2. The van der Waals surface area contributed by atoms with Gasteiger partial charge >= 0.3 is 0 Å². The molecule has 0 saturated carbocycles. The zero-order valence-electron chi connectivity index (χ0n) is 18.0. The first kappa shape index (κ1) is 20.3. The molecule has 2 aliphatic rings. The summed E-state index contributed by atoms with van der Waals surface area (Å²) in [5.41, 5.74) is 1.90. The van der Waals surface area contributed by atoms with E-state index in [1.54, 1.807) is 12.5 Å². The Morgan fingerprint density at radius 1 is 1.22 bits per heavy atom. The summed E-state index contributed by atoms with van der Waals surface area (Å²) >= 11 is 0. The molecule has 2 aliphatic heterocycles. The molecule has 1 N–H and O–H groups in total. The second-order valence-electron chi connectivity index (χ2n) is 8.26. The Bertz CT molecular complexity index is 1100. The van der Waals surface area contributed by atoms with E-state index < -0.39 is 0 Å². The Balaban J connectivity index is 1.19. The molecule has 32 heavy (non-hydrogen) atoms. The Kier molecular flexibility index (Phi) is 5.62. The lowest BCUT2D eigenvalue weighted by Gasteiger charge is -2.33. The zero-order chi connectivity index (χ0) is 21.9. The summed E-state index contributed by atoms with van der Waals surface area (Å²) in [5.74, 6) is 3.33. The molecular formula is C23H26N6O3. The summed E-state index contributed by atoms with van der Waals surface area (Å²) in [5, 5.41) is 3.04. The molecule has 1 aromatic carbocycles. The van der Waals surface area contributed by atoms with E-state index in [0.29, 0.717) is 18.9 Å². The van der Waals surface area contributed by atoms with Crippen molar-refractivity contribution in [3.8, 4) is 17.4 Å². The minimum absolute atomic E-state index is 0.0625. The third-order valence-electron chi connectivity index (χ3n) is 5.81. The second kappa shape index (κ2) is 8.86. The average molecular weight is 435 g/mol. The maximum atomic E-state index is 12.6. The van der Waals surface area contributed by atoms with Gasteiger partial charge in [-0.2, -0.15) is 4.98 Å². The number of carbonyl (C=O) groups excluding carboxylic acids is 1. The zero-order valence-corrected chi connectivity index (χ0v) is 18.0. The molecule has 1 saturated heterocycles. The molecule has 0 aliphatic carbocycles. The lowest BCUT2D eigenvalue weighted by atomic mass is 9.94. The van der Waals surface area contributed by atoms with E-state index in [2.05, 4.69) is 20.2 Å². The highest BCUT2D eigenvalue weighted by molar-refractivity contribution is 5.76. The van der Waals surface area contributed by atoms with E-state index >= 15 is 0 Å². The maximum Gasteiger partial charge on any atom is 0.237 e. The van der Waals surface area contributed by atoms with Gasteiger partial charge in [-0.15, -0.1) is 0 Å². The smallest absolute Gasteiger partial charge is 0.237 e. The molecule has 0 radical (unpaired) electrons. The number of amides is 1. The van der Waals surface area contributed by atoms with Gasteiger partial charge in [0.15, 0.2) is 11.5 Å². The molecule has 1 fully saturated rings. The lowest BCUT2D eigenvalue weighted by molar-refractivity contribution is -0.122. The molecule has 166 valence electrons. The molecule has 4 heterocycles. The number of hydrogen-bond donors (Lipinski definition) is 1. The van der Waals surface area contributed by atoms with Gasteiger partial charge in [0.2, 0.25) is 18.6 Å². The van der Waals surface area contributed by atoms with Crippen LogP contribution in [0.25, 0.3) is 5.95 Å². The van der Waals surface area contributed by atoms with Crippen LogP contribution in [0.3, 0.4) is 0 Å². The van der Waals surface area contributed by atoms with Crippen LogP contribution in [0, 0.1) is 12.8 Å². The number of fused-ring (bicyclic) bond motifs is 1. The van der Waals surface area contributed by atoms with Crippen LogP contribution in [-0.2, 0) is 11.3 Å². The number of nitrogens with one attached hydrogen (secondary N) is 1. The number of rotatable bonds is 6. The van der Waals surface area contributed by atoms with Crippen LogP contribution in [0.4, 0.5) is 5.82 Å². The van der Waals surface area contributed by atoms with Crippen LogP contribution in [0.15, 0.2) is 43.0 Å². The van der Waals surface area contributed by atoms with Crippen LogP contribution in [0.1, 0.15) is 30.5 Å². The van der Waals surface area contributed by atoms with Crippen LogP contribution < -0.4 is 19.7 Å². The van der Waals surface area contributed by atoms with Crippen molar-refractivity contribution < 1.29 is 14.3 Å². The topological polar surface area (TPSA) is 94.4 Å². The number of anilines is 1. The van der Waals surface area contributed by atoms with Crippen LogP contribution in [0.2, 0.25) is 0 Å². The molecule has 3 aromatic rings. The van der Waals surface area contributed by atoms with Crippen LogP contribution >= 0.6 is 0 Å². The highest BCUT2D eigenvalue weighted by Crippen LogP contribution is 2.32. The number of nitrogens with zero attached hydrogens (tertiary/aromatic N) is 5. The van der Waals surface area contributed by atoms with E-state index in [0.717, 1.165) is 54.5 Å². The van der Waals surface area contributed by atoms with Gasteiger partial charge in [-0.1, -0.05) is 6.07 Å². The molecule has 9 heteroatoms. The monoisotopic (exact) mass is 434 g/mol. The third kappa shape index (κ3) is 4.51. The fourth-order valence-corrected chi connectivity index (χ4v) is 4.22. The van der Waals surface area contributed by atoms with Crippen molar-refractivity contribution in [1.29, 1.82) is 0 Å². The van der Waals surface area contributed by atoms with Gasteiger partial charge in [0.05, 0.1) is 0 Å². The lowest BCUT2D eigenvalue weighted by Crippen LogP contribution is -2.38. The first-order valence-corrected chi connectivity index (χ1v) is 10.9. The number of hydrogen-bond acceptors (Lipinski definition) is 7. The van der Waals surface area contributed by atoms with E-state index in [4.69, 9.17) is 14.5 Å². The van der Waals surface area contributed by atoms with Gasteiger partial charge in [-0.05, 0) is 43.4 Å². The van der Waals surface area contributed by atoms with Gasteiger partial charge in [-0.3, -0.25) is 9.36 Å². The van der Waals surface area contributed by atoms with Crippen molar-refractivity contribution in [2.24, 2.45) is 5.92 Å². The third-order valence-corrected chi connectivity index (χ3v) is 5.81. The highest BCUT2D eigenvalue weighted by atomic mass is 16.7. The standard InChI is InChI=1S/C23H26N6O3/c1-16-9-21(27-23(26-16)29-8-6-24-14-29)28-7-2-3-18(13-28)11-22(30)25-12-17-4-5-19-20(10-17)32-15-31-19/h4-6,8-10,14,18H,2-3,7,11-13,15H2,1H3,(H,25,30). The first-order valence-electron chi connectivity index (χ1n) is 10.9. The van der Waals surface area contributed by atoms with Crippen LogP contribution in [-0.4, -0.2) is 45.3 Å². The van der Waals surface area contributed by atoms with Crippen molar-refractivity contribution in [3.63, 3.8) is 0 Å². The van der Waals surface area contributed by atoms with Crippen molar-refractivity contribution in [1.82, 2.24) is 24.8 Å². The van der Waals surface area contributed by atoms with Gasteiger partial charge in [0.25, 0.3) is 0 Å². The number of aryl methyl sites for hydroxylation is 1. The number of ether oxygens (including phenoxy) is 2.